The van der Waals surface area contributed by atoms with Crippen LogP contribution in [0.2, 0.25) is 0 Å². The normalized spacial score (nSPS) is 17.7. The number of H-pyrrole nitrogens is 1. The number of imidazole rings is 1. The Morgan fingerprint density at radius 3 is 3.09 bits per heavy atom. The van der Waals surface area contributed by atoms with E-state index in [4.69, 9.17) is 10.2 Å². The van der Waals surface area contributed by atoms with Crippen molar-refractivity contribution in [3.8, 4) is 6.07 Å². The Morgan fingerprint density at radius 1 is 1.48 bits per heavy atom. The van der Waals surface area contributed by atoms with Gasteiger partial charge >= 0.3 is 0 Å². The maximum atomic E-state index is 11.5. The molecule has 1 aliphatic rings. The van der Waals surface area contributed by atoms with Gasteiger partial charge in [0.05, 0.1) is 34.4 Å². The highest BCUT2D eigenvalue weighted by atomic mass is 16.2. The van der Waals surface area contributed by atoms with Crippen molar-refractivity contribution in [3.05, 3.63) is 35.8 Å². The van der Waals surface area contributed by atoms with E-state index in [-0.39, 0.29) is 11.8 Å². The third-order valence-electron chi connectivity index (χ3n) is 4.48. The van der Waals surface area contributed by atoms with Crippen LogP contribution in [-0.4, -0.2) is 38.8 Å². The molecule has 1 amide bonds. The van der Waals surface area contributed by atoms with E-state index in [0.717, 1.165) is 40.7 Å². The number of hydrogen-bond donors (Lipinski definition) is 1. The lowest BCUT2D eigenvalue weighted by atomic mass is 10.1. The summed E-state index contributed by atoms with van der Waals surface area (Å²) >= 11 is 0. The number of aromatic amines is 1. The molecule has 114 valence electrons. The number of amides is 1. The molecule has 0 saturated carbocycles. The van der Waals surface area contributed by atoms with Gasteiger partial charge in [0.25, 0.3) is 0 Å². The fourth-order valence-corrected chi connectivity index (χ4v) is 3.21. The maximum Gasteiger partial charge on any atom is 0.219 e. The zero-order valence-electron chi connectivity index (χ0n) is 12.7. The molecular weight excluding hydrogens is 290 g/mol. The Hall–Kier alpha value is -2.94. The van der Waals surface area contributed by atoms with Crippen LogP contribution in [0.5, 0.6) is 0 Å². The average molecular weight is 305 g/mol. The van der Waals surface area contributed by atoms with Crippen LogP contribution >= 0.6 is 0 Å². The van der Waals surface area contributed by atoms with E-state index in [1.54, 1.807) is 19.2 Å². The molecule has 3 aromatic rings. The van der Waals surface area contributed by atoms with E-state index >= 15 is 0 Å². The van der Waals surface area contributed by atoms with Gasteiger partial charge in [-0.25, -0.2) is 4.98 Å². The third-order valence-corrected chi connectivity index (χ3v) is 4.48. The second-order valence-electron chi connectivity index (χ2n) is 5.94. The minimum absolute atomic E-state index is 0.106. The standard InChI is InChI=1S/C17H15N5O/c1-10(23)22-5-4-12(9-22)17-20-15-8-19-14-3-2-11(7-18)6-13(14)16(15)21-17/h2-3,6,8,12H,4-5,9H2,1H3,(H,20,21)/t12-/m1/s1. The van der Waals surface area contributed by atoms with Crippen molar-refractivity contribution >= 4 is 27.8 Å². The van der Waals surface area contributed by atoms with E-state index in [1.165, 1.54) is 0 Å². The van der Waals surface area contributed by atoms with Crippen LogP contribution in [0.3, 0.4) is 0 Å². The number of nitrogens with zero attached hydrogens (tertiary/aromatic N) is 4. The van der Waals surface area contributed by atoms with E-state index < -0.39 is 0 Å². The highest BCUT2D eigenvalue weighted by Gasteiger charge is 2.27. The molecule has 1 aromatic carbocycles. The van der Waals surface area contributed by atoms with Crippen LogP contribution in [0.1, 0.15) is 30.7 Å². The van der Waals surface area contributed by atoms with E-state index in [2.05, 4.69) is 16.0 Å². The molecule has 0 aliphatic carbocycles. The van der Waals surface area contributed by atoms with Gasteiger partial charge in [0.15, 0.2) is 0 Å². The lowest BCUT2D eigenvalue weighted by Crippen LogP contribution is -2.25. The van der Waals surface area contributed by atoms with Gasteiger partial charge in [0, 0.05) is 31.3 Å². The van der Waals surface area contributed by atoms with Crippen LogP contribution in [-0.2, 0) is 4.79 Å². The number of fused-ring (bicyclic) bond motifs is 3. The predicted octanol–water partition coefficient (Wildman–Crippen LogP) is 2.32. The summed E-state index contributed by atoms with van der Waals surface area (Å²) in [5, 5.41) is 9.97. The highest BCUT2D eigenvalue weighted by Crippen LogP contribution is 2.29. The van der Waals surface area contributed by atoms with Crippen molar-refractivity contribution < 1.29 is 4.79 Å². The minimum Gasteiger partial charge on any atom is -0.342 e. The number of nitrogens with one attached hydrogen (secondary N) is 1. The van der Waals surface area contributed by atoms with Crippen LogP contribution < -0.4 is 0 Å². The van der Waals surface area contributed by atoms with Crippen LogP contribution in [0.15, 0.2) is 24.4 Å². The Labute approximate surface area is 132 Å². The number of benzene rings is 1. The van der Waals surface area contributed by atoms with Crippen molar-refractivity contribution in [2.24, 2.45) is 0 Å². The Balaban J connectivity index is 1.80. The molecule has 0 bridgehead atoms. The summed E-state index contributed by atoms with van der Waals surface area (Å²) < 4.78 is 0. The molecule has 0 unspecified atom stereocenters. The lowest BCUT2D eigenvalue weighted by Gasteiger charge is -2.12. The largest absolute Gasteiger partial charge is 0.342 e. The SMILES string of the molecule is CC(=O)N1CC[C@@H](c2nc3c(cnc4ccc(C#N)cc43)[nH]2)C1. The zero-order chi connectivity index (χ0) is 16.0. The molecule has 6 nitrogen and oxygen atoms in total. The Morgan fingerprint density at radius 2 is 2.35 bits per heavy atom. The van der Waals surface area contributed by atoms with Crippen LogP contribution in [0, 0.1) is 11.3 Å². The number of likely N-dealkylation sites (tertiary alicyclic amines) is 1. The number of carbonyl (C=O) groups is 1. The number of rotatable bonds is 1. The topological polar surface area (TPSA) is 85.7 Å². The van der Waals surface area contributed by atoms with Gasteiger partial charge in [-0.15, -0.1) is 0 Å². The molecule has 1 saturated heterocycles. The Bertz CT molecular complexity index is 968. The highest BCUT2D eigenvalue weighted by molar-refractivity contribution is 6.02. The van der Waals surface area contributed by atoms with Gasteiger partial charge in [0.1, 0.15) is 5.82 Å². The summed E-state index contributed by atoms with van der Waals surface area (Å²) in [5.74, 6) is 1.22. The van der Waals surface area contributed by atoms with Crippen molar-refractivity contribution in [2.75, 3.05) is 13.1 Å². The number of hydrogen-bond acceptors (Lipinski definition) is 4. The second kappa shape index (κ2) is 5.06. The van der Waals surface area contributed by atoms with Crippen LogP contribution in [0.25, 0.3) is 21.9 Å². The molecule has 0 spiro atoms. The zero-order valence-corrected chi connectivity index (χ0v) is 12.7. The van der Waals surface area contributed by atoms with Gasteiger partial charge in [-0.1, -0.05) is 0 Å². The van der Waals surface area contributed by atoms with Crippen molar-refractivity contribution in [3.63, 3.8) is 0 Å². The fourth-order valence-electron chi connectivity index (χ4n) is 3.21. The summed E-state index contributed by atoms with van der Waals surface area (Å²) in [5.41, 5.74) is 3.12. The van der Waals surface area contributed by atoms with Gasteiger partial charge in [-0.2, -0.15) is 5.26 Å². The summed E-state index contributed by atoms with van der Waals surface area (Å²) in [7, 11) is 0. The lowest BCUT2D eigenvalue weighted by molar-refractivity contribution is -0.127. The van der Waals surface area contributed by atoms with Gasteiger partial charge in [-0.3, -0.25) is 9.78 Å². The summed E-state index contributed by atoms with van der Waals surface area (Å²) in [6.45, 7) is 3.07. The first kappa shape index (κ1) is 13.7. The average Bonchev–Trinajstić information content (AvgIpc) is 3.20. The van der Waals surface area contributed by atoms with Gasteiger partial charge in [0.2, 0.25) is 5.91 Å². The molecule has 4 rings (SSSR count). The van der Waals surface area contributed by atoms with E-state index in [1.807, 2.05) is 17.0 Å². The molecule has 23 heavy (non-hydrogen) atoms. The quantitative estimate of drug-likeness (QED) is 0.747. The number of pyridine rings is 1. The molecule has 1 N–H and O–H groups in total. The molecule has 1 atom stereocenters. The maximum absolute atomic E-state index is 11.5. The summed E-state index contributed by atoms with van der Waals surface area (Å²) in [4.78, 5) is 25.8. The van der Waals surface area contributed by atoms with Crippen molar-refractivity contribution in [1.29, 1.82) is 5.26 Å². The molecular formula is C17H15N5O. The first-order chi connectivity index (χ1) is 11.2. The molecule has 6 heteroatoms. The van der Waals surface area contributed by atoms with E-state index in [0.29, 0.717) is 12.1 Å². The number of nitriles is 1. The number of carbonyl (C=O) groups excluding carboxylic acids is 1. The minimum atomic E-state index is 0.106. The Kier molecular flexibility index (Phi) is 3.01. The molecule has 1 fully saturated rings. The molecule has 2 aromatic heterocycles. The smallest absolute Gasteiger partial charge is 0.219 e. The molecule has 1 aliphatic heterocycles. The summed E-state index contributed by atoms with van der Waals surface area (Å²) in [6, 6.07) is 7.58. The molecule has 0 radical (unpaired) electrons. The molecule has 3 heterocycles. The first-order valence-corrected chi connectivity index (χ1v) is 7.59. The predicted molar refractivity (Wildman–Crippen MR) is 85.7 cm³/mol. The first-order valence-electron chi connectivity index (χ1n) is 7.59. The van der Waals surface area contributed by atoms with Crippen molar-refractivity contribution in [1.82, 2.24) is 19.9 Å². The second-order valence-corrected chi connectivity index (χ2v) is 5.94. The van der Waals surface area contributed by atoms with E-state index in [9.17, 15) is 4.79 Å². The number of aromatic nitrogens is 3. The van der Waals surface area contributed by atoms with Crippen molar-refractivity contribution in [2.45, 2.75) is 19.3 Å². The van der Waals surface area contributed by atoms with Crippen LogP contribution in [0.4, 0.5) is 0 Å². The van der Waals surface area contributed by atoms with Gasteiger partial charge in [-0.05, 0) is 24.6 Å². The monoisotopic (exact) mass is 305 g/mol. The fraction of sp³-hybridized carbons (Fsp3) is 0.294. The summed E-state index contributed by atoms with van der Waals surface area (Å²) in [6.07, 6.45) is 2.69. The third kappa shape index (κ3) is 2.21. The van der Waals surface area contributed by atoms with Gasteiger partial charge < -0.3 is 9.88 Å².